The van der Waals surface area contributed by atoms with Gasteiger partial charge >= 0.3 is 0 Å². The minimum absolute atomic E-state index is 0.0550. The first kappa shape index (κ1) is 10.5. The lowest BCUT2D eigenvalue weighted by molar-refractivity contribution is 0.0648. The normalized spacial score (nSPS) is 14.7. The predicted octanol–water partition coefficient (Wildman–Crippen LogP) is 2.30. The van der Waals surface area contributed by atoms with Crippen LogP contribution in [0.4, 0.5) is 0 Å². The summed E-state index contributed by atoms with van der Waals surface area (Å²) in [7, 11) is 1.58. The topological polar surface area (TPSA) is 29.5 Å². The number of rotatable bonds is 2. The van der Waals surface area contributed by atoms with Gasteiger partial charge in [-0.25, -0.2) is 0 Å². The summed E-state index contributed by atoms with van der Waals surface area (Å²) in [6, 6.07) is 5.47. The van der Waals surface area contributed by atoms with Gasteiger partial charge in [-0.2, -0.15) is 0 Å². The third kappa shape index (κ3) is 2.00. The number of hydrogen-bond acceptors (Lipinski definition) is 2. The molecule has 3 nitrogen and oxygen atoms in total. The number of amides is 1. The zero-order chi connectivity index (χ0) is 10.8. The molecule has 1 heterocycles. The summed E-state index contributed by atoms with van der Waals surface area (Å²) in [6.45, 7) is 1.71. The van der Waals surface area contributed by atoms with E-state index in [0.29, 0.717) is 11.3 Å². The highest BCUT2D eigenvalue weighted by Crippen LogP contribution is 2.25. The Morgan fingerprint density at radius 1 is 1.47 bits per heavy atom. The van der Waals surface area contributed by atoms with Crippen molar-refractivity contribution in [2.75, 3.05) is 20.2 Å². The Balaban J connectivity index is 2.31. The lowest BCUT2D eigenvalue weighted by Gasteiger charge is -2.31. The number of benzene rings is 1. The molecule has 1 aromatic rings. The van der Waals surface area contributed by atoms with Crippen molar-refractivity contribution in [3.63, 3.8) is 0 Å². The van der Waals surface area contributed by atoms with Crippen LogP contribution in [-0.2, 0) is 0 Å². The Bertz CT molecular complexity index is 388. The van der Waals surface area contributed by atoms with Crippen molar-refractivity contribution in [3.05, 3.63) is 28.2 Å². The molecule has 0 aromatic heterocycles. The van der Waals surface area contributed by atoms with Crippen LogP contribution in [0, 0.1) is 0 Å². The molecular weight excluding hydrogens is 258 g/mol. The molecule has 80 valence electrons. The van der Waals surface area contributed by atoms with Gasteiger partial charge in [-0.05, 0) is 24.6 Å². The summed E-state index contributed by atoms with van der Waals surface area (Å²) in [5, 5.41) is 0. The van der Waals surface area contributed by atoms with Crippen LogP contribution >= 0.6 is 15.9 Å². The Hall–Kier alpha value is -1.03. The van der Waals surface area contributed by atoms with E-state index in [2.05, 4.69) is 15.9 Å². The zero-order valence-electron chi connectivity index (χ0n) is 8.50. The molecular formula is C11H12BrNO2. The molecule has 1 amide bonds. The van der Waals surface area contributed by atoms with Gasteiger partial charge in [0.25, 0.3) is 5.91 Å². The fraction of sp³-hybridized carbons (Fsp3) is 0.364. The van der Waals surface area contributed by atoms with E-state index in [1.807, 2.05) is 11.0 Å². The predicted molar refractivity (Wildman–Crippen MR) is 61.2 cm³/mol. The third-order valence-corrected chi connectivity index (χ3v) is 3.03. The largest absolute Gasteiger partial charge is 0.496 e. The van der Waals surface area contributed by atoms with E-state index in [9.17, 15) is 4.79 Å². The zero-order valence-corrected chi connectivity index (χ0v) is 10.1. The molecule has 0 bridgehead atoms. The van der Waals surface area contributed by atoms with E-state index in [4.69, 9.17) is 4.74 Å². The molecule has 0 unspecified atom stereocenters. The number of ether oxygens (including phenoxy) is 1. The summed E-state index contributed by atoms with van der Waals surface area (Å²) in [5.41, 5.74) is 0.631. The van der Waals surface area contributed by atoms with Gasteiger partial charge in [0, 0.05) is 17.6 Å². The molecule has 0 saturated carbocycles. The summed E-state index contributed by atoms with van der Waals surface area (Å²) >= 11 is 3.36. The third-order valence-electron chi connectivity index (χ3n) is 2.54. The smallest absolute Gasteiger partial charge is 0.257 e. The molecule has 0 radical (unpaired) electrons. The van der Waals surface area contributed by atoms with E-state index in [0.717, 1.165) is 24.0 Å². The molecule has 2 rings (SSSR count). The highest BCUT2D eigenvalue weighted by atomic mass is 79.9. The lowest BCUT2D eigenvalue weighted by Crippen LogP contribution is -2.42. The van der Waals surface area contributed by atoms with Crippen LogP contribution in [-0.4, -0.2) is 31.0 Å². The van der Waals surface area contributed by atoms with E-state index < -0.39 is 0 Å². The van der Waals surface area contributed by atoms with Gasteiger partial charge in [0.15, 0.2) is 0 Å². The number of carbonyl (C=O) groups is 1. The average Bonchev–Trinajstić information content (AvgIpc) is 2.15. The molecule has 0 spiro atoms. The van der Waals surface area contributed by atoms with Crippen molar-refractivity contribution in [2.24, 2.45) is 0 Å². The first-order chi connectivity index (χ1) is 7.22. The molecule has 1 aliphatic rings. The van der Waals surface area contributed by atoms with E-state index in [-0.39, 0.29) is 5.91 Å². The van der Waals surface area contributed by atoms with Crippen LogP contribution < -0.4 is 4.74 Å². The maximum absolute atomic E-state index is 12.0. The monoisotopic (exact) mass is 269 g/mol. The standard InChI is InChI=1S/C11H12BrNO2/c1-15-10-4-3-8(12)7-9(10)11(14)13-5-2-6-13/h3-4,7H,2,5-6H2,1H3. The Morgan fingerprint density at radius 2 is 2.20 bits per heavy atom. The van der Waals surface area contributed by atoms with Crippen molar-refractivity contribution < 1.29 is 9.53 Å². The fourth-order valence-corrected chi connectivity index (χ4v) is 1.90. The second kappa shape index (κ2) is 4.23. The van der Waals surface area contributed by atoms with E-state index >= 15 is 0 Å². The lowest BCUT2D eigenvalue weighted by atomic mass is 10.1. The van der Waals surface area contributed by atoms with Gasteiger partial charge in [0.1, 0.15) is 5.75 Å². The molecule has 0 atom stereocenters. The number of carbonyl (C=O) groups excluding carboxylic acids is 1. The van der Waals surface area contributed by atoms with Crippen molar-refractivity contribution in [2.45, 2.75) is 6.42 Å². The number of nitrogens with zero attached hydrogens (tertiary/aromatic N) is 1. The van der Waals surface area contributed by atoms with Gasteiger partial charge in [-0.15, -0.1) is 0 Å². The number of likely N-dealkylation sites (tertiary alicyclic amines) is 1. The first-order valence-corrected chi connectivity index (χ1v) is 5.64. The maximum Gasteiger partial charge on any atom is 0.257 e. The van der Waals surface area contributed by atoms with E-state index in [1.54, 1.807) is 19.2 Å². The van der Waals surface area contributed by atoms with Crippen LogP contribution in [0.15, 0.2) is 22.7 Å². The first-order valence-electron chi connectivity index (χ1n) is 4.85. The average molecular weight is 270 g/mol. The molecule has 0 N–H and O–H groups in total. The molecule has 15 heavy (non-hydrogen) atoms. The Kier molecular flexibility index (Phi) is 2.95. The summed E-state index contributed by atoms with van der Waals surface area (Å²) < 4.78 is 6.07. The van der Waals surface area contributed by atoms with Crippen molar-refractivity contribution in [1.82, 2.24) is 4.90 Å². The minimum atomic E-state index is 0.0550. The number of hydrogen-bond donors (Lipinski definition) is 0. The molecule has 1 aromatic carbocycles. The van der Waals surface area contributed by atoms with Crippen LogP contribution in [0.25, 0.3) is 0 Å². The van der Waals surface area contributed by atoms with Gasteiger partial charge in [-0.1, -0.05) is 15.9 Å². The van der Waals surface area contributed by atoms with Gasteiger partial charge in [-0.3, -0.25) is 4.79 Å². The van der Waals surface area contributed by atoms with Gasteiger partial charge < -0.3 is 9.64 Å². The highest BCUT2D eigenvalue weighted by Gasteiger charge is 2.24. The Morgan fingerprint density at radius 3 is 2.73 bits per heavy atom. The van der Waals surface area contributed by atoms with Gasteiger partial charge in [0.05, 0.1) is 12.7 Å². The van der Waals surface area contributed by atoms with Crippen LogP contribution in [0.1, 0.15) is 16.8 Å². The summed E-state index contributed by atoms with van der Waals surface area (Å²) in [5.74, 6) is 0.689. The number of halogens is 1. The second-order valence-corrected chi connectivity index (χ2v) is 4.41. The Labute approximate surface area is 97.2 Å². The molecule has 0 aliphatic carbocycles. The van der Waals surface area contributed by atoms with Crippen molar-refractivity contribution >= 4 is 21.8 Å². The maximum atomic E-state index is 12.0. The highest BCUT2D eigenvalue weighted by molar-refractivity contribution is 9.10. The van der Waals surface area contributed by atoms with Crippen molar-refractivity contribution in [1.29, 1.82) is 0 Å². The minimum Gasteiger partial charge on any atom is -0.496 e. The quantitative estimate of drug-likeness (QED) is 0.825. The van der Waals surface area contributed by atoms with Crippen LogP contribution in [0.3, 0.4) is 0 Å². The molecule has 1 fully saturated rings. The summed E-state index contributed by atoms with van der Waals surface area (Å²) in [6.07, 6.45) is 1.10. The second-order valence-electron chi connectivity index (χ2n) is 3.49. The van der Waals surface area contributed by atoms with Crippen molar-refractivity contribution in [3.8, 4) is 5.75 Å². The fourth-order valence-electron chi connectivity index (χ4n) is 1.54. The number of methoxy groups -OCH3 is 1. The summed E-state index contributed by atoms with van der Waals surface area (Å²) in [4.78, 5) is 13.8. The molecule has 1 aliphatic heterocycles. The molecule has 4 heteroatoms. The molecule has 1 saturated heterocycles. The van der Waals surface area contributed by atoms with Crippen LogP contribution in [0.2, 0.25) is 0 Å². The van der Waals surface area contributed by atoms with Gasteiger partial charge in [0.2, 0.25) is 0 Å². The van der Waals surface area contributed by atoms with E-state index in [1.165, 1.54) is 0 Å². The van der Waals surface area contributed by atoms with Crippen LogP contribution in [0.5, 0.6) is 5.75 Å². The SMILES string of the molecule is COc1ccc(Br)cc1C(=O)N1CCC1.